The highest BCUT2D eigenvalue weighted by molar-refractivity contribution is 5.98. The van der Waals surface area contributed by atoms with Crippen LogP contribution in [0, 0.1) is 28.9 Å². The Hall–Kier alpha value is -2.85. The molecule has 26 heavy (non-hydrogen) atoms. The summed E-state index contributed by atoms with van der Waals surface area (Å²) in [5.74, 6) is 4.13. The van der Waals surface area contributed by atoms with Crippen LogP contribution in [0.25, 0.3) is 0 Å². The standard InChI is InChI=1S/C19H17F2N3O2/c1-19(2)11-24(17(25)16(19)26-3)18-22-9-12(10-23-18)4-5-13-8-14(20)6-7-15(13)21/h6-10,16H,11H2,1-3H3. The van der Waals surface area contributed by atoms with Gasteiger partial charge >= 0.3 is 0 Å². The number of nitrogens with zero attached hydrogens (tertiary/aromatic N) is 3. The van der Waals surface area contributed by atoms with Crippen LogP contribution in [0.4, 0.5) is 14.7 Å². The topological polar surface area (TPSA) is 55.3 Å². The first kappa shape index (κ1) is 18.0. The maximum atomic E-state index is 13.6. The molecule has 1 amide bonds. The van der Waals surface area contributed by atoms with Gasteiger partial charge in [0.15, 0.2) is 0 Å². The van der Waals surface area contributed by atoms with Gasteiger partial charge < -0.3 is 4.74 Å². The number of benzene rings is 1. The fraction of sp³-hybridized carbons (Fsp3) is 0.316. The molecule has 2 aromatic rings. The minimum atomic E-state index is -0.605. The zero-order chi connectivity index (χ0) is 18.9. The van der Waals surface area contributed by atoms with E-state index in [1.807, 2.05) is 13.8 Å². The van der Waals surface area contributed by atoms with Crippen molar-refractivity contribution < 1.29 is 18.3 Å². The van der Waals surface area contributed by atoms with Gasteiger partial charge in [0.2, 0.25) is 5.95 Å². The quantitative estimate of drug-likeness (QED) is 0.775. The summed E-state index contributed by atoms with van der Waals surface area (Å²) < 4.78 is 32.0. The molecule has 1 aromatic carbocycles. The van der Waals surface area contributed by atoms with Crippen LogP contribution in [0.15, 0.2) is 30.6 Å². The van der Waals surface area contributed by atoms with Gasteiger partial charge in [-0.15, -0.1) is 0 Å². The summed E-state index contributed by atoms with van der Waals surface area (Å²) in [6, 6.07) is 3.07. The van der Waals surface area contributed by atoms with Crippen LogP contribution < -0.4 is 4.90 Å². The van der Waals surface area contributed by atoms with Gasteiger partial charge in [-0.3, -0.25) is 9.69 Å². The fourth-order valence-corrected chi connectivity index (χ4v) is 2.89. The van der Waals surface area contributed by atoms with E-state index in [2.05, 4.69) is 21.8 Å². The number of ether oxygens (including phenoxy) is 1. The van der Waals surface area contributed by atoms with Crippen molar-refractivity contribution in [1.82, 2.24) is 9.97 Å². The van der Waals surface area contributed by atoms with E-state index < -0.39 is 17.7 Å². The molecule has 0 N–H and O–H groups in total. The summed E-state index contributed by atoms with van der Waals surface area (Å²) in [7, 11) is 1.50. The van der Waals surface area contributed by atoms with E-state index in [0.29, 0.717) is 12.1 Å². The Morgan fingerprint density at radius 3 is 2.54 bits per heavy atom. The van der Waals surface area contributed by atoms with Crippen LogP contribution in [-0.4, -0.2) is 35.6 Å². The van der Waals surface area contributed by atoms with Crippen LogP contribution in [0.3, 0.4) is 0 Å². The van der Waals surface area contributed by atoms with Gasteiger partial charge in [-0.25, -0.2) is 18.7 Å². The van der Waals surface area contributed by atoms with E-state index in [0.717, 1.165) is 18.2 Å². The van der Waals surface area contributed by atoms with Crippen LogP contribution in [0.5, 0.6) is 0 Å². The van der Waals surface area contributed by atoms with Crippen molar-refractivity contribution in [3.05, 3.63) is 53.4 Å². The zero-order valence-electron chi connectivity index (χ0n) is 14.6. The van der Waals surface area contributed by atoms with Crippen molar-refractivity contribution in [3.63, 3.8) is 0 Å². The lowest BCUT2D eigenvalue weighted by Gasteiger charge is -2.21. The molecule has 0 saturated carbocycles. The Bertz CT molecular complexity index is 901. The third-order valence-corrected chi connectivity index (χ3v) is 4.15. The summed E-state index contributed by atoms with van der Waals surface area (Å²) in [5, 5.41) is 0. The lowest BCUT2D eigenvalue weighted by Crippen LogP contribution is -2.33. The molecule has 1 unspecified atom stereocenters. The first-order valence-corrected chi connectivity index (χ1v) is 7.95. The van der Waals surface area contributed by atoms with Crippen molar-refractivity contribution in [3.8, 4) is 11.8 Å². The smallest absolute Gasteiger partial charge is 0.259 e. The lowest BCUT2D eigenvalue weighted by molar-refractivity contribution is -0.128. The number of anilines is 1. The maximum Gasteiger partial charge on any atom is 0.259 e. The fourth-order valence-electron chi connectivity index (χ4n) is 2.89. The van der Waals surface area contributed by atoms with Crippen LogP contribution in [0.1, 0.15) is 25.0 Å². The largest absolute Gasteiger partial charge is 0.371 e. The number of hydrogen-bond acceptors (Lipinski definition) is 4. The number of rotatable bonds is 2. The summed E-state index contributed by atoms with van der Waals surface area (Å²) in [6.07, 6.45) is 2.32. The number of halogens is 2. The molecule has 1 atom stereocenters. The Morgan fingerprint density at radius 1 is 1.23 bits per heavy atom. The van der Waals surface area contributed by atoms with E-state index in [4.69, 9.17) is 4.74 Å². The van der Waals surface area contributed by atoms with Gasteiger partial charge in [0.05, 0.1) is 11.1 Å². The Kier molecular flexibility index (Phi) is 4.70. The van der Waals surface area contributed by atoms with Crippen molar-refractivity contribution >= 4 is 11.9 Å². The third kappa shape index (κ3) is 3.41. The molecule has 0 spiro atoms. The predicted octanol–water partition coefficient (Wildman–Crippen LogP) is 2.54. The van der Waals surface area contributed by atoms with Gasteiger partial charge in [0.1, 0.15) is 17.7 Å². The highest BCUT2D eigenvalue weighted by Gasteiger charge is 2.47. The van der Waals surface area contributed by atoms with Crippen LogP contribution in [0.2, 0.25) is 0 Å². The number of aromatic nitrogens is 2. The molecule has 5 nitrogen and oxygen atoms in total. The molecule has 1 saturated heterocycles. The number of amides is 1. The predicted molar refractivity (Wildman–Crippen MR) is 91.3 cm³/mol. The summed E-state index contributed by atoms with van der Waals surface area (Å²) >= 11 is 0. The second kappa shape index (κ2) is 6.81. The maximum absolute atomic E-state index is 13.6. The molecule has 7 heteroatoms. The molecular formula is C19H17F2N3O2. The number of methoxy groups -OCH3 is 1. The zero-order valence-corrected chi connectivity index (χ0v) is 14.6. The molecule has 2 heterocycles. The normalized spacial score (nSPS) is 18.6. The van der Waals surface area contributed by atoms with Gasteiger partial charge in [0.25, 0.3) is 5.91 Å². The molecule has 3 rings (SSSR count). The average Bonchev–Trinajstić information content (AvgIpc) is 2.84. The van der Waals surface area contributed by atoms with Gasteiger partial charge in [-0.05, 0) is 18.2 Å². The lowest BCUT2D eigenvalue weighted by atomic mass is 9.90. The van der Waals surface area contributed by atoms with E-state index in [9.17, 15) is 13.6 Å². The second-order valence-corrected chi connectivity index (χ2v) is 6.67. The highest BCUT2D eigenvalue weighted by Crippen LogP contribution is 2.34. The van der Waals surface area contributed by atoms with Crippen molar-refractivity contribution in [1.29, 1.82) is 0 Å². The summed E-state index contributed by atoms with van der Waals surface area (Å²) in [5.41, 5.74) is 0.0165. The number of carbonyl (C=O) groups excluding carboxylic acids is 1. The van der Waals surface area contributed by atoms with E-state index in [1.165, 1.54) is 24.4 Å². The molecule has 1 aliphatic rings. The summed E-state index contributed by atoms with van der Waals surface area (Å²) in [6.45, 7) is 4.31. The molecule has 1 fully saturated rings. The highest BCUT2D eigenvalue weighted by atomic mass is 19.1. The van der Waals surface area contributed by atoms with Crippen molar-refractivity contribution in [2.45, 2.75) is 20.0 Å². The van der Waals surface area contributed by atoms with E-state index in [-0.39, 0.29) is 22.8 Å². The Labute approximate surface area is 150 Å². The Morgan fingerprint density at radius 2 is 1.92 bits per heavy atom. The van der Waals surface area contributed by atoms with Gasteiger partial charge in [-0.2, -0.15) is 0 Å². The van der Waals surface area contributed by atoms with Crippen LogP contribution in [-0.2, 0) is 9.53 Å². The molecule has 134 valence electrons. The number of hydrogen-bond donors (Lipinski definition) is 0. The van der Waals surface area contributed by atoms with Crippen LogP contribution >= 0.6 is 0 Å². The molecule has 0 aliphatic carbocycles. The first-order chi connectivity index (χ1) is 12.3. The second-order valence-electron chi connectivity index (χ2n) is 6.67. The van der Waals surface area contributed by atoms with Crippen molar-refractivity contribution in [2.24, 2.45) is 5.41 Å². The summed E-state index contributed by atoms with van der Waals surface area (Å²) in [4.78, 5) is 22.2. The minimum Gasteiger partial charge on any atom is -0.371 e. The monoisotopic (exact) mass is 357 g/mol. The molecule has 0 bridgehead atoms. The van der Waals surface area contributed by atoms with Gasteiger partial charge in [0, 0.05) is 31.5 Å². The third-order valence-electron chi connectivity index (χ3n) is 4.15. The van der Waals surface area contributed by atoms with Crippen molar-refractivity contribution in [2.75, 3.05) is 18.6 Å². The van der Waals surface area contributed by atoms with Gasteiger partial charge in [-0.1, -0.05) is 25.7 Å². The van der Waals surface area contributed by atoms with E-state index in [1.54, 1.807) is 0 Å². The first-order valence-electron chi connectivity index (χ1n) is 7.95. The number of carbonyl (C=O) groups is 1. The molecule has 1 aromatic heterocycles. The molecular weight excluding hydrogens is 340 g/mol. The SMILES string of the molecule is COC1C(=O)N(c2ncc(C#Cc3cc(F)ccc3F)cn2)CC1(C)C. The minimum absolute atomic E-state index is 0.0477. The Balaban J connectivity index is 1.81. The van der Waals surface area contributed by atoms with E-state index >= 15 is 0 Å². The average molecular weight is 357 g/mol. The molecule has 0 radical (unpaired) electrons. The molecule has 1 aliphatic heterocycles.